The normalized spacial score (nSPS) is 16.5. The summed E-state index contributed by atoms with van der Waals surface area (Å²) in [5, 5.41) is 0. The van der Waals surface area contributed by atoms with Crippen LogP contribution in [0.1, 0.15) is 48.8 Å². The van der Waals surface area contributed by atoms with E-state index in [0.29, 0.717) is 38.8 Å². The van der Waals surface area contributed by atoms with Crippen LogP contribution in [0.4, 0.5) is 0 Å². The Kier molecular flexibility index (Phi) is 8.10. The molecule has 0 atom stereocenters. The SMILES string of the molecule is COc1cccc(CCOCc2ccc3c(c2)CN(C(=O)C2CCCCC2)CCO3)c1OC. The van der Waals surface area contributed by atoms with Crippen molar-refractivity contribution in [2.45, 2.75) is 51.7 Å². The fourth-order valence-electron chi connectivity index (χ4n) is 4.86. The maximum Gasteiger partial charge on any atom is 0.226 e. The van der Waals surface area contributed by atoms with E-state index in [0.717, 1.165) is 53.2 Å². The van der Waals surface area contributed by atoms with Crippen LogP contribution in [0, 0.1) is 5.92 Å². The second kappa shape index (κ2) is 11.4. The Hall–Kier alpha value is -2.73. The summed E-state index contributed by atoms with van der Waals surface area (Å²) >= 11 is 0. The van der Waals surface area contributed by atoms with Crippen molar-refractivity contribution in [3.05, 3.63) is 53.1 Å². The molecular weight excluding hydrogens is 418 g/mol. The van der Waals surface area contributed by atoms with Gasteiger partial charge >= 0.3 is 0 Å². The number of para-hydroxylation sites is 1. The molecule has 2 aromatic rings. The van der Waals surface area contributed by atoms with Crippen LogP contribution in [-0.4, -0.2) is 44.8 Å². The Morgan fingerprint density at radius 2 is 1.94 bits per heavy atom. The molecular formula is C27H35NO5. The molecule has 0 bridgehead atoms. The van der Waals surface area contributed by atoms with Gasteiger partial charge in [0.15, 0.2) is 11.5 Å². The van der Waals surface area contributed by atoms with Gasteiger partial charge in [0.1, 0.15) is 12.4 Å². The Morgan fingerprint density at radius 3 is 2.73 bits per heavy atom. The predicted octanol–water partition coefficient (Wildman–Crippen LogP) is 4.76. The quantitative estimate of drug-likeness (QED) is 0.539. The number of benzene rings is 2. The molecule has 0 aromatic heterocycles. The van der Waals surface area contributed by atoms with Gasteiger partial charge in [-0.05, 0) is 43.0 Å². The van der Waals surface area contributed by atoms with Crippen molar-refractivity contribution in [2.75, 3.05) is 34.0 Å². The van der Waals surface area contributed by atoms with Crippen LogP contribution in [0.3, 0.4) is 0 Å². The number of carbonyl (C=O) groups excluding carboxylic acids is 1. The van der Waals surface area contributed by atoms with Gasteiger partial charge in [-0.2, -0.15) is 0 Å². The fraction of sp³-hybridized carbons (Fsp3) is 0.519. The minimum Gasteiger partial charge on any atom is -0.493 e. The van der Waals surface area contributed by atoms with Crippen LogP contribution in [-0.2, 0) is 29.1 Å². The molecule has 1 heterocycles. The largest absolute Gasteiger partial charge is 0.493 e. The fourth-order valence-corrected chi connectivity index (χ4v) is 4.86. The van der Waals surface area contributed by atoms with Crippen LogP contribution in [0.15, 0.2) is 36.4 Å². The van der Waals surface area contributed by atoms with E-state index in [9.17, 15) is 4.79 Å². The number of fused-ring (bicyclic) bond motifs is 1. The van der Waals surface area contributed by atoms with Crippen molar-refractivity contribution in [1.82, 2.24) is 4.90 Å². The molecule has 33 heavy (non-hydrogen) atoms. The Bertz CT molecular complexity index is 938. The molecule has 1 saturated carbocycles. The maximum atomic E-state index is 13.1. The predicted molar refractivity (Wildman–Crippen MR) is 127 cm³/mol. The highest BCUT2D eigenvalue weighted by Gasteiger charge is 2.28. The zero-order chi connectivity index (χ0) is 23.0. The molecule has 1 aliphatic carbocycles. The van der Waals surface area contributed by atoms with Crippen molar-refractivity contribution in [3.63, 3.8) is 0 Å². The number of hydrogen-bond donors (Lipinski definition) is 0. The van der Waals surface area contributed by atoms with Crippen molar-refractivity contribution in [1.29, 1.82) is 0 Å². The smallest absolute Gasteiger partial charge is 0.226 e. The van der Waals surface area contributed by atoms with Crippen molar-refractivity contribution in [3.8, 4) is 17.2 Å². The van der Waals surface area contributed by atoms with E-state index in [1.165, 1.54) is 19.3 Å². The Morgan fingerprint density at radius 1 is 1.09 bits per heavy atom. The molecule has 0 radical (unpaired) electrons. The van der Waals surface area contributed by atoms with E-state index < -0.39 is 0 Å². The molecule has 2 aromatic carbocycles. The number of methoxy groups -OCH3 is 2. The van der Waals surface area contributed by atoms with Crippen LogP contribution in [0.25, 0.3) is 0 Å². The summed E-state index contributed by atoms with van der Waals surface area (Å²) < 4.78 is 22.8. The summed E-state index contributed by atoms with van der Waals surface area (Å²) in [6.45, 7) is 2.89. The molecule has 4 rings (SSSR count). The minimum absolute atomic E-state index is 0.181. The molecule has 1 amide bonds. The van der Waals surface area contributed by atoms with E-state index in [4.69, 9.17) is 18.9 Å². The van der Waals surface area contributed by atoms with Gasteiger partial charge in [0.05, 0.1) is 34.0 Å². The minimum atomic E-state index is 0.181. The number of ether oxygens (including phenoxy) is 4. The van der Waals surface area contributed by atoms with Crippen molar-refractivity contribution in [2.24, 2.45) is 5.92 Å². The first-order valence-corrected chi connectivity index (χ1v) is 12.0. The monoisotopic (exact) mass is 453 g/mol. The second-order valence-corrected chi connectivity index (χ2v) is 8.84. The van der Waals surface area contributed by atoms with Crippen LogP contribution in [0.5, 0.6) is 17.2 Å². The second-order valence-electron chi connectivity index (χ2n) is 8.84. The number of nitrogens with zero attached hydrogens (tertiary/aromatic N) is 1. The van der Waals surface area contributed by atoms with E-state index in [2.05, 4.69) is 6.07 Å². The summed E-state index contributed by atoms with van der Waals surface area (Å²) in [4.78, 5) is 15.1. The highest BCUT2D eigenvalue weighted by Crippen LogP contribution is 2.31. The van der Waals surface area contributed by atoms with Gasteiger partial charge in [-0.3, -0.25) is 4.79 Å². The van der Waals surface area contributed by atoms with Crippen molar-refractivity contribution >= 4 is 5.91 Å². The number of amides is 1. The Labute approximate surface area is 196 Å². The zero-order valence-corrected chi connectivity index (χ0v) is 19.8. The van der Waals surface area contributed by atoms with Gasteiger partial charge in [0, 0.05) is 23.6 Å². The zero-order valence-electron chi connectivity index (χ0n) is 19.8. The Balaban J connectivity index is 1.34. The maximum absolute atomic E-state index is 13.1. The molecule has 1 aliphatic heterocycles. The van der Waals surface area contributed by atoms with Crippen molar-refractivity contribution < 1.29 is 23.7 Å². The molecule has 6 heteroatoms. The third-order valence-corrected chi connectivity index (χ3v) is 6.64. The van der Waals surface area contributed by atoms with Crippen LogP contribution >= 0.6 is 0 Å². The highest BCUT2D eigenvalue weighted by molar-refractivity contribution is 5.79. The molecule has 0 saturated heterocycles. The third kappa shape index (κ3) is 5.80. The summed E-state index contributed by atoms with van der Waals surface area (Å²) in [6, 6.07) is 12.1. The first kappa shape index (κ1) is 23.4. The molecule has 0 spiro atoms. The molecule has 0 N–H and O–H groups in total. The van der Waals surface area contributed by atoms with Gasteiger partial charge in [0.25, 0.3) is 0 Å². The first-order valence-electron chi connectivity index (χ1n) is 12.0. The van der Waals surface area contributed by atoms with E-state index >= 15 is 0 Å². The summed E-state index contributed by atoms with van der Waals surface area (Å²) in [7, 11) is 3.30. The molecule has 0 unspecified atom stereocenters. The van der Waals surface area contributed by atoms with Gasteiger partial charge in [-0.15, -0.1) is 0 Å². The first-order chi connectivity index (χ1) is 16.2. The van der Waals surface area contributed by atoms with Gasteiger partial charge in [0.2, 0.25) is 5.91 Å². The number of rotatable bonds is 8. The van der Waals surface area contributed by atoms with Gasteiger partial charge in [-0.25, -0.2) is 0 Å². The molecule has 178 valence electrons. The molecule has 6 nitrogen and oxygen atoms in total. The lowest BCUT2D eigenvalue weighted by Gasteiger charge is -2.28. The van der Waals surface area contributed by atoms with E-state index in [1.54, 1.807) is 14.2 Å². The summed E-state index contributed by atoms with van der Waals surface area (Å²) in [6.07, 6.45) is 6.37. The lowest BCUT2D eigenvalue weighted by molar-refractivity contribution is -0.137. The molecule has 2 aliphatic rings. The van der Waals surface area contributed by atoms with E-state index in [1.807, 2.05) is 35.2 Å². The number of carbonyl (C=O) groups is 1. The highest BCUT2D eigenvalue weighted by atomic mass is 16.5. The van der Waals surface area contributed by atoms with Crippen LogP contribution in [0.2, 0.25) is 0 Å². The molecule has 1 fully saturated rings. The lowest BCUT2D eigenvalue weighted by Crippen LogP contribution is -2.37. The third-order valence-electron chi connectivity index (χ3n) is 6.64. The van der Waals surface area contributed by atoms with Gasteiger partial charge in [-0.1, -0.05) is 37.5 Å². The van der Waals surface area contributed by atoms with E-state index in [-0.39, 0.29) is 5.92 Å². The summed E-state index contributed by atoms with van der Waals surface area (Å²) in [5.41, 5.74) is 3.21. The standard InChI is InChI=1S/C27H35NO5/c1-30-25-10-6-9-21(26(25)31-2)13-15-32-19-20-11-12-24-23(17-20)18-28(14-16-33-24)27(29)22-7-4-3-5-8-22/h6,9-12,17,22H,3-5,7-8,13-16,18-19H2,1-2H3. The van der Waals surface area contributed by atoms with Gasteiger partial charge < -0.3 is 23.8 Å². The van der Waals surface area contributed by atoms with Crippen LogP contribution < -0.4 is 14.2 Å². The average Bonchev–Trinajstić information content (AvgIpc) is 3.08. The number of hydrogen-bond acceptors (Lipinski definition) is 5. The topological polar surface area (TPSA) is 57.2 Å². The summed E-state index contributed by atoms with van der Waals surface area (Å²) in [5.74, 6) is 2.83. The lowest BCUT2D eigenvalue weighted by atomic mass is 9.88. The average molecular weight is 454 g/mol.